The fourth-order valence-electron chi connectivity index (χ4n) is 11.5. The molecular weight excluding hydrogens is 853 g/mol. The molecule has 0 nitrogen and oxygen atoms in total. The molecule has 0 saturated carbocycles. The summed E-state index contributed by atoms with van der Waals surface area (Å²) in [4.78, 5) is 0. The van der Waals surface area contributed by atoms with Crippen molar-refractivity contribution in [1.29, 1.82) is 0 Å². The van der Waals surface area contributed by atoms with Crippen LogP contribution in [0.4, 0.5) is 0 Å². The Morgan fingerprint density at radius 3 is 0.958 bits per heavy atom. The molecule has 0 bridgehead atoms. The van der Waals surface area contributed by atoms with Crippen molar-refractivity contribution >= 4 is 21.5 Å². The van der Waals surface area contributed by atoms with Gasteiger partial charge in [-0.25, -0.2) is 0 Å². The van der Waals surface area contributed by atoms with Gasteiger partial charge in [-0.15, -0.1) is 0 Å². The van der Waals surface area contributed by atoms with Gasteiger partial charge < -0.3 is 0 Å². The average molecular weight is 903 g/mol. The first-order valence-electron chi connectivity index (χ1n) is 24.8. The lowest BCUT2D eigenvalue weighted by Crippen LogP contribution is -2.15. The Bertz CT molecular complexity index is 3950. The van der Waals surface area contributed by atoms with Gasteiger partial charge in [-0.05, 0) is 151 Å². The standard InChI is InChI=1S/C71H50/c1-71(2)67-45-55(49-22-10-5-11-23-49)38-41-59(67)60-42-39-56(46-68(60)71)54-40-43-65-66(44-54)70(62-27-15-13-25-58(62)53-36-32-51(33-37-53)48-20-8-4-9-21-48)64-29-17-16-28-63(64)69(65)61-26-14-12-24-57(61)52-34-30-50(31-35-52)47-18-6-3-7-19-47/h3-46H,1-2H3. The van der Waals surface area contributed by atoms with Crippen LogP contribution in [0.2, 0.25) is 0 Å². The van der Waals surface area contributed by atoms with Crippen LogP contribution in [0.5, 0.6) is 0 Å². The van der Waals surface area contributed by atoms with Crippen molar-refractivity contribution in [2.24, 2.45) is 0 Å². The molecule has 71 heavy (non-hydrogen) atoms. The van der Waals surface area contributed by atoms with Gasteiger partial charge in [-0.3, -0.25) is 0 Å². The molecule has 1 aliphatic rings. The summed E-state index contributed by atoms with van der Waals surface area (Å²) in [6.45, 7) is 4.78. The van der Waals surface area contributed by atoms with Crippen molar-refractivity contribution in [3.63, 3.8) is 0 Å². The van der Waals surface area contributed by atoms with E-state index in [-0.39, 0.29) is 5.41 Å². The minimum atomic E-state index is -0.172. The molecule has 0 amide bonds. The Balaban J connectivity index is 1.02. The molecule has 0 aromatic heterocycles. The number of benzene rings is 12. The lowest BCUT2D eigenvalue weighted by molar-refractivity contribution is 0.661. The Kier molecular flexibility index (Phi) is 10.3. The molecule has 0 aliphatic heterocycles. The lowest BCUT2D eigenvalue weighted by atomic mass is 9.80. The smallest absolute Gasteiger partial charge is 0.0159 e. The molecule has 0 heteroatoms. The Hall–Kier alpha value is -8.84. The fraction of sp³-hybridized carbons (Fsp3) is 0.0423. The van der Waals surface area contributed by atoms with Gasteiger partial charge in [0.1, 0.15) is 0 Å². The summed E-state index contributed by atoms with van der Waals surface area (Å²) >= 11 is 0. The van der Waals surface area contributed by atoms with E-state index >= 15 is 0 Å². The summed E-state index contributed by atoms with van der Waals surface area (Å²) in [5.74, 6) is 0. The number of rotatable bonds is 8. The number of fused-ring (bicyclic) bond motifs is 5. The van der Waals surface area contributed by atoms with E-state index in [2.05, 4.69) is 281 Å². The third-order valence-corrected chi connectivity index (χ3v) is 15.1. The van der Waals surface area contributed by atoms with E-state index in [0.717, 1.165) is 0 Å². The predicted molar refractivity (Wildman–Crippen MR) is 303 cm³/mol. The summed E-state index contributed by atoms with van der Waals surface area (Å²) in [5, 5.41) is 4.92. The van der Waals surface area contributed by atoms with Crippen LogP contribution in [-0.4, -0.2) is 0 Å². The summed E-state index contributed by atoms with van der Waals surface area (Å²) in [6.07, 6.45) is 0. The molecule has 0 unspecified atom stereocenters. The van der Waals surface area contributed by atoms with E-state index in [1.165, 1.54) is 133 Å². The normalized spacial score (nSPS) is 12.5. The maximum Gasteiger partial charge on any atom is 0.0159 e. The molecular formula is C71H50. The highest BCUT2D eigenvalue weighted by molar-refractivity contribution is 6.24. The Morgan fingerprint density at radius 1 is 0.197 bits per heavy atom. The molecule has 0 atom stereocenters. The highest BCUT2D eigenvalue weighted by atomic mass is 14.4. The van der Waals surface area contributed by atoms with E-state index in [1.807, 2.05) is 0 Å². The maximum absolute atomic E-state index is 2.48. The highest BCUT2D eigenvalue weighted by Crippen LogP contribution is 2.52. The van der Waals surface area contributed by atoms with E-state index in [9.17, 15) is 0 Å². The zero-order chi connectivity index (χ0) is 47.5. The van der Waals surface area contributed by atoms with Gasteiger partial charge in [-0.2, -0.15) is 0 Å². The van der Waals surface area contributed by atoms with E-state index in [0.29, 0.717) is 0 Å². The van der Waals surface area contributed by atoms with Crippen LogP contribution in [0, 0.1) is 0 Å². The van der Waals surface area contributed by atoms with Crippen LogP contribution < -0.4 is 0 Å². The fourth-order valence-corrected chi connectivity index (χ4v) is 11.5. The van der Waals surface area contributed by atoms with Crippen LogP contribution >= 0.6 is 0 Å². The molecule has 0 saturated heterocycles. The Morgan fingerprint density at radius 2 is 0.493 bits per heavy atom. The summed E-state index contributed by atoms with van der Waals surface area (Å²) in [7, 11) is 0. The quantitative estimate of drug-likeness (QED) is 0.133. The SMILES string of the molecule is CC1(C)c2cc(-c3ccccc3)ccc2-c2ccc(-c3ccc4c(-c5ccccc5-c5ccc(-c6ccccc6)cc5)c5ccccc5c(-c5ccccc5-c5ccc(-c6ccccc6)cc5)c4c3)cc21. The molecule has 0 heterocycles. The lowest BCUT2D eigenvalue weighted by Gasteiger charge is -2.23. The topological polar surface area (TPSA) is 0 Å². The van der Waals surface area contributed by atoms with Crippen molar-refractivity contribution in [2.75, 3.05) is 0 Å². The molecule has 12 aromatic carbocycles. The van der Waals surface area contributed by atoms with Crippen LogP contribution in [0.1, 0.15) is 25.0 Å². The van der Waals surface area contributed by atoms with Crippen molar-refractivity contribution in [1.82, 2.24) is 0 Å². The summed E-state index contributed by atoms with van der Waals surface area (Å²) in [6, 6.07) is 98.8. The molecule has 0 spiro atoms. The number of hydrogen-bond donors (Lipinski definition) is 0. The summed E-state index contributed by atoms with van der Waals surface area (Å²) in [5.41, 5.74) is 24.8. The molecule has 13 rings (SSSR count). The van der Waals surface area contributed by atoms with Crippen LogP contribution in [0.3, 0.4) is 0 Å². The highest BCUT2D eigenvalue weighted by Gasteiger charge is 2.36. The molecule has 1 aliphatic carbocycles. The van der Waals surface area contributed by atoms with Crippen LogP contribution in [0.15, 0.2) is 267 Å². The zero-order valence-electron chi connectivity index (χ0n) is 39.9. The number of hydrogen-bond acceptors (Lipinski definition) is 0. The average Bonchev–Trinajstić information content (AvgIpc) is 3.67. The monoisotopic (exact) mass is 902 g/mol. The first kappa shape index (κ1) is 42.3. The first-order valence-corrected chi connectivity index (χ1v) is 24.8. The third-order valence-electron chi connectivity index (χ3n) is 15.1. The molecule has 0 fully saturated rings. The largest absolute Gasteiger partial charge is 0.0622 e. The van der Waals surface area contributed by atoms with Crippen molar-refractivity contribution in [3.8, 4) is 100 Å². The minimum absolute atomic E-state index is 0.172. The van der Waals surface area contributed by atoms with Gasteiger partial charge in [0.05, 0.1) is 0 Å². The molecule has 334 valence electrons. The second-order valence-electron chi connectivity index (χ2n) is 19.5. The maximum atomic E-state index is 2.48. The van der Waals surface area contributed by atoms with E-state index in [1.54, 1.807) is 0 Å². The van der Waals surface area contributed by atoms with Gasteiger partial charge in [0, 0.05) is 5.41 Å². The zero-order valence-corrected chi connectivity index (χ0v) is 39.9. The van der Waals surface area contributed by atoms with Gasteiger partial charge in [-0.1, -0.05) is 263 Å². The first-order chi connectivity index (χ1) is 35.0. The molecule has 0 radical (unpaired) electrons. The van der Waals surface area contributed by atoms with Crippen molar-refractivity contribution in [2.45, 2.75) is 19.3 Å². The van der Waals surface area contributed by atoms with Gasteiger partial charge in [0.2, 0.25) is 0 Å². The molecule has 0 N–H and O–H groups in total. The van der Waals surface area contributed by atoms with E-state index < -0.39 is 0 Å². The Labute approximate surface area is 416 Å². The molecule has 12 aromatic rings. The van der Waals surface area contributed by atoms with Gasteiger partial charge >= 0.3 is 0 Å². The van der Waals surface area contributed by atoms with E-state index in [4.69, 9.17) is 0 Å². The minimum Gasteiger partial charge on any atom is -0.0622 e. The second-order valence-corrected chi connectivity index (χ2v) is 19.5. The predicted octanol–water partition coefficient (Wildman–Crippen LogP) is 19.6. The van der Waals surface area contributed by atoms with Gasteiger partial charge in [0.15, 0.2) is 0 Å². The third kappa shape index (κ3) is 7.31. The van der Waals surface area contributed by atoms with Crippen molar-refractivity contribution in [3.05, 3.63) is 278 Å². The summed E-state index contributed by atoms with van der Waals surface area (Å²) < 4.78 is 0. The van der Waals surface area contributed by atoms with Gasteiger partial charge in [0.25, 0.3) is 0 Å². The van der Waals surface area contributed by atoms with Crippen LogP contribution in [-0.2, 0) is 5.41 Å². The second kappa shape index (κ2) is 17.3. The van der Waals surface area contributed by atoms with Crippen molar-refractivity contribution < 1.29 is 0 Å². The van der Waals surface area contributed by atoms with Crippen LogP contribution in [0.25, 0.3) is 122 Å².